The number of allylic oxidation sites excluding steroid dienone is 1. The van der Waals surface area contributed by atoms with E-state index in [0.717, 1.165) is 5.56 Å². The van der Waals surface area contributed by atoms with E-state index >= 15 is 0 Å². The zero-order chi connectivity index (χ0) is 19.2. The number of methoxy groups -OCH3 is 1. The Hall–Kier alpha value is -2.34. The normalized spacial score (nSPS) is 15.0. The second-order valence-corrected chi connectivity index (χ2v) is 7.51. The molecule has 0 unspecified atom stereocenters. The number of rotatable bonds is 3. The van der Waals surface area contributed by atoms with Crippen molar-refractivity contribution in [1.82, 2.24) is 0 Å². The molecule has 3 aromatic carbocycles. The summed E-state index contributed by atoms with van der Waals surface area (Å²) in [6.45, 7) is 4.52. The van der Waals surface area contributed by atoms with E-state index in [9.17, 15) is 5.11 Å². The molecule has 0 fully saturated rings. The lowest BCUT2D eigenvalue weighted by molar-refractivity contribution is -0.401. The van der Waals surface area contributed by atoms with Gasteiger partial charge >= 0.3 is 0 Å². The molecule has 1 aliphatic rings. The maximum absolute atomic E-state index is 10.3. The first-order valence-electron chi connectivity index (χ1n) is 9.12. The largest absolute Gasteiger partial charge is 1.00 e. The summed E-state index contributed by atoms with van der Waals surface area (Å²) in [4.78, 5) is 0. The summed E-state index contributed by atoms with van der Waals surface area (Å²) >= 11 is 0. The van der Waals surface area contributed by atoms with Gasteiger partial charge in [-0.1, -0.05) is 24.3 Å². The van der Waals surface area contributed by atoms with Gasteiger partial charge in [-0.25, -0.2) is 0 Å². The van der Waals surface area contributed by atoms with Gasteiger partial charge in [0, 0.05) is 29.3 Å². The lowest BCUT2D eigenvalue weighted by atomic mass is 9.79. The van der Waals surface area contributed by atoms with Gasteiger partial charge in [0.05, 0.1) is 12.5 Å². The third kappa shape index (κ3) is 3.20. The Morgan fingerprint density at radius 3 is 2.46 bits per heavy atom. The Morgan fingerprint density at radius 2 is 1.75 bits per heavy atom. The Kier molecular flexibility index (Phi) is 5.53. The molecule has 0 bridgehead atoms. The third-order valence-corrected chi connectivity index (χ3v) is 5.55. The van der Waals surface area contributed by atoms with Gasteiger partial charge < -0.3 is 33.8 Å². The van der Waals surface area contributed by atoms with Gasteiger partial charge in [0.25, 0.3) is 0 Å². The Labute approximate surface area is 183 Å². The molecule has 1 heterocycles. The summed E-state index contributed by atoms with van der Waals surface area (Å²) in [6.07, 6.45) is 4.08. The zero-order valence-electron chi connectivity index (χ0n) is 16.5. The number of nitrogens with zero attached hydrogens (tertiary/aromatic N) is 1. The van der Waals surface area contributed by atoms with E-state index in [4.69, 9.17) is 4.74 Å². The highest BCUT2D eigenvalue weighted by atomic mass is 127. The molecule has 4 heteroatoms. The first-order chi connectivity index (χ1) is 12.9. The molecule has 1 aliphatic heterocycles. The van der Waals surface area contributed by atoms with Gasteiger partial charge in [-0.15, -0.1) is 0 Å². The van der Waals surface area contributed by atoms with Crippen molar-refractivity contribution < 1.29 is 38.4 Å². The lowest BCUT2D eigenvalue weighted by Gasteiger charge is -2.17. The number of aromatic hydroxyl groups is 1. The Bertz CT molecular complexity index is 1110. The molecular formula is C24H24INO2. The number of halogens is 1. The van der Waals surface area contributed by atoms with Crippen molar-refractivity contribution in [1.29, 1.82) is 0 Å². The summed E-state index contributed by atoms with van der Waals surface area (Å²) < 4.78 is 7.41. The maximum atomic E-state index is 10.3. The molecule has 3 nitrogen and oxygen atoms in total. The van der Waals surface area contributed by atoms with Crippen LogP contribution in [0.3, 0.4) is 0 Å². The summed E-state index contributed by atoms with van der Waals surface area (Å²) in [5.74, 6) is 0.863. The molecular weight excluding hydrogens is 461 g/mol. The van der Waals surface area contributed by atoms with E-state index in [1.165, 1.54) is 27.7 Å². The SMILES string of the molecule is COc1ccc(/C=C/C2=[N+](C)c3ccc4ccccc4c3C2(C)C)c(O)c1.[I-]. The van der Waals surface area contributed by atoms with E-state index < -0.39 is 0 Å². The molecule has 4 rings (SSSR count). The first-order valence-corrected chi connectivity index (χ1v) is 9.12. The smallest absolute Gasteiger partial charge is 0.210 e. The van der Waals surface area contributed by atoms with Crippen LogP contribution in [0.25, 0.3) is 16.8 Å². The molecule has 28 heavy (non-hydrogen) atoms. The van der Waals surface area contributed by atoms with Crippen LogP contribution in [0.2, 0.25) is 0 Å². The van der Waals surface area contributed by atoms with Crippen LogP contribution in [-0.2, 0) is 5.41 Å². The topological polar surface area (TPSA) is 32.5 Å². The zero-order valence-corrected chi connectivity index (χ0v) is 18.7. The first kappa shape index (κ1) is 20.4. The summed E-state index contributed by atoms with van der Waals surface area (Å²) in [5, 5.41) is 12.8. The molecule has 0 aromatic heterocycles. The second-order valence-electron chi connectivity index (χ2n) is 7.51. The van der Waals surface area contributed by atoms with Crippen molar-refractivity contribution in [3.8, 4) is 11.5 Å². The lowest BCUT2D eigenvalue weighted by Crippen LogP contribution is -3.00. The van der Waals surface area contributed by atoms with Crippen molar-refractivity contribution in [3.63, 3.8) is 0 Å². The number of fused-ring (bicyclic) bond motifs is 3. The van der Waals surface area contributed by atoms with E-state index in [1.807, 2.05) is 18.2 Å². The van der Waals surface area contributed by atoms with Crippen molar-refractivity contribution in [2.75, 3.05) is 14.2 Å². The van der Waals surface area contributed by atoms with Crippen molar-refractivity contribution in [2.45, 2.75) is 19.3 Å². The monoisotopic (exact) mass is 485 g/mol. The number of phenols is 1. The standard InChI is InChI=1S/C24H23NO2.HI/c1-24(2)22(14-11-17-9-12-18(27-4)15-21(17)26)25(3)20-13-10-16-7-5-6-8-19(16)23(20)24;/h5-15H,1-4H3;1H. The fourth-order valence-electron chi connectivity index (χ4n) is 4.15. The van der Waals surface area contributed by atoms with Crippen LogP contribution >= 0.6 is 0 Å². The molecule has 0 aliphatic carbocycles. The van der Waals surface area contributed by atoms with Crippen LogP contribution in [0, 0.1) is 0 Å². The number of benzene rings is 3. The Balaban J connectivity index is 0.00000225. The van der Waals surface area contributed by atoms with Crippen LogP contribution in [0.5, 0.6) is 11.5 Å². The average molecular weight is 485 g/mol. The highest BCUT2D eigenvalue weighted by Gasteiger charge is 2.44. The third-order valence-electron chi connectivity index (χ3n) is 5.55. The van der Waals surface area contributed by atoms with Crippen LogP contribution < -0.4 is 28.7 Å². The van der Waals surface area contributed by atoms with Gasteiger partial charge in [-0.3, -0.25) is 0 Å². The molecule has 0 radical (unpaired) electrons. The number of hydrogen-bond acceptors (Lipinski definition) is 2. The minimum Gasteiger partial charge on any atom is -1.00 e. The van der Waals surface area contributed by atoms with Crippen LogP contribution in [0.4, 0.5) is 5.69 Å². The van der Waals surface area contributed by atoms with Crippen molar-refractivity contribution >= 4 is 28.2 Å². The summed E-state index contributed by atoms with van der Waals surface area (Å²) in [7, 11) is 3.70. The Morgan fingerprint density at radius 1 is 1.00 bits per heavy atom. The molecule has 1 N–H and O–H groups in total. The van der Waals surface area contributed by atoms with Gasteiger partial charge in [0.15, 0.2) is 5.71 Å². The predicted octanol–water partition coefficient (Wildman–Crippen LogP) is 2.28. The quantitative estimate of drug-likeness (QED) is 0.456. The van der Waals surface area contributed by atoms with Crippen LogP contribution in [-0.4, -0.2) is 29.6 Å². The number of ether oxygens (including phenoxy) is 1. The van der Waals surface area contributed by atoms with Crippen molar-refractivity contribution in [2.24, 2.45) is 0 Å². The predicted molar refractivity (Wildman–Crippen MR) is 112 cm³/mol. The minimum atomic E-state index is -0.135. The summed E-state index contributed by atoms with van der Waals surface area (Å²) in [6, 6.07) is 18.3. The molecule has 3 aromatic rings. The molecule has 0 atom stereocenters. The number of hydrogen-bond donors (Lipinski definition) is 1. The molecule has 0 spiro atoms. The average Bonchev–Trinajstić information content (AvgIpc) is 2.87. The maximum Gasteiger partial charge on any atom is 0.210 e. The van der Waals surface area contributed by atoms with Crippen LogP contribution in [0.15, 0.2) is 60.7 Å². The minimum absolute atomic E-state index is 0. The van der Waals surface area contributed by atoms with E-state index in [-0.39, 0.29) is 35.1 Å². The van der Waals surface area contributed by atoms with Crippen molar-refractivity contribution in [3.05, 3.63) is 71.8 Å². The van der Waals surface area contributed by atoms with E-state index in [1.54, 1.807) is 13.2 Å². The van der Waals surface area contributed by atoms with E-state index in [0.29, 0.717) is 5.75 Å². The summed E-state index contributed by atoms with van der Waals surface area (Å²) in [5.41, 5.74) is 4.42. The van der Waals surface area contributed by atoms with E-state index in [2.05, 4.69) is 67.9 Å². The second kappa shape index (κ2) is 7.59. The molecule has 144 valence electrons. The molecule has 0 saturated heterocycles. The van der Waals surface area contributed by atoms with Gasteiger partial charge in [0.1, 0.15) is 18.5 Å². The molecule has 0 saturated carbocycles. The van der Waals surface area contributed by atoms with Gasteiger partial charge in [-0.05, 0) is 48.9 Å². The highest BCUT2D eigenvalue weighted by molar-refractivity contribution is 6.09. The fourth-order valence-corrected chi connectivity index (χ4v) is 4.15. The van der Waals surface area contributed by atoms with Crippen LogP contribution in [0.1, 0.15) is 25.0 Å². The fraction of sp³-hybridized carbons (Fsp3) is 0.208. The van der Waals surface area contributed by atoms with Gasteiger partial charge in [-0.2, -0.15) is 4.58 Å². The number of phenolic OH excluding ortho intramolecular Hbond substituents is 1. The molecule has 0 amide bonds. The highest BCUT2D eigenvalue weighted by Crippen LogP contribution is 2.43. The van der Waals surface area contributed by atoms with Gasteiger partial charge in [0.2, 0.25) is 5.69 Å².